The number of esters is 1. The number of hydrogen-bond acceptors (Lipinski definition) is 6. The number of aliphatic hydroxyl groups is 1. The van der Waals surface area contributed by atoms with Gasteiger partial charge in [-0.25, -0.2) is 4.79 Å². The highest BCUT2D eigenvalue weighted by Gasteiger charge is 2.54. The van der Waals surface area contributed by atoms with Gasteiger partial charge in [-0.05, 0) is 11.1 Å². The molecule has 2 N–H and O–H groups in total. The maximum absolute atomic E-state index is 13.1. The second kappa shape index (κ2) is 8.23. The van der Waals surface area contributed by atoms with Crippen LogP contribution in [0.15, 0.2) is 72.1 Å². The summed E-state index contributed by atoms with van der Waals surface area (Å²) in [6, 6.07) is 17.8. The van der Waals surface area contributed by atoms with E-state index in [9.17, 15) is 19.5 Å². The second-order valence-electron chi connectivity index (χ2n) is 6.99. The number of amides is 2. The fourth-order valence-electron chi connectivity index (χ4n) is 3.56. The number of rotatable bonds is 5. The van der Waals surface area contributed by atoms with Crippen molar-refractivity contribution >= 4 is 29.5 Å². The van der Waals surface area contributed by atoms with Gasteiger partial charge in [0.2, 0.25) is 5.91 Å². The van der Waals surface area contributed by atoms with Crippen LogP contribution in [0.5, 0.6) is 0 Å². The molecule has 0 saturated carbocycles. The van der Waals surface area contributed by atoms with Gasteiger partial charge in [0.1, 0.15) is 17.2 Å². The van der Waals surface area contributed by atoms with E-state index in [2.05, 4.69) is 5.32 Å². The molecule has 2 amide bonds. The quantitative estimate of drug-likeness (QED) is 0.566. The first-order valence-electron chi connectivity index (χ1n) is 9.42. The molecule has 7 nitrogen and oxygen atoms in total. The first kappa shape index (κ1) is 20.0. The Hall–Kier alpha value is -3.26. The largest absolute Gasteiger partial charge is 0.509 e. The lowest BCUT2D eigenvalue weighted by atomic mass is 10.0. The molecule has 4 rings (SSSR count). The number of hydrogen-bond donors (Lipinski definition) is 2. The first-order valence-corrected chi connectivity index (χ1v) is 10.5. The molecule has 2 atom stereocenters. The second-order valence-corrected chi connectivity index (χ2v) is 8.10. The number of ether oxygens (including phenoxy) is 1. The van der Waals surface area contributed by atoms with E-state index < -0.39 is 29.4 Å². The van der Waals surface area contributed by atoms with Crippen LogP contribution < -0.4 is 5.32 Å². The number of carbonyl (C=O) groups excluding carboxylic acids is 3. The van der Waals surface area contributed by atoms with Gasteiger partial charge in [-0.15, -0.1) is 11.8 Å². The topological polar surface area (TPSA) is 95.9 Å². The summed E-state index contributed by atoms with van der Waals surface area (Å²) in [5.41, 5.74) is 1.37. The molecule has 0 radical (unpaired) electrons. The maximum Gasteiger partial charge on any atom is 0.359 e. The Bertz CT molecular complexity index is 969. The van der Waals surface area contributed by atoms with E-state index in [1.54, 1.807) is 0 Å². The van der Waals surface area contributed by atoms with Crippen LogP contribution in [0, 0.1) is 0 Å². The minimum absolute atomic E-state index is 0.149. The maximum atomic E-state index is 13.1. The average Bonchev–Trinajstić information content (AvgIpc) is 2.76. The number of benzene rings is 2. The summed E-state index contributed by atoms with van der Waals surface area (Å²) in [6.45, 7) is 1.33. The molecule has 2 heterocycles. The Morgan fingerprint density at radius 2 is 1.67 bits per heavy atom. The standard InChI is InChI=1S/C22H20N2O5S/c1-13(25)23-17-20(27)24-18(16(26)12-30-21(17)24)22(28)29-19(14-8-4-2-5-9-14)15-10-6-3-7-11-15/h2-11,17,19,21,26H,12H2,1H3,(H,23,25)/t17?,21-/m0/s1. The van der Waals surface area contributed by atoms with Crippen molar-refractivity contribution in [2.75, 3.05) is 5.75 Å². The van der Waals surface area contributed by atoms with Gasteiger partial charge >= 0.3 is 5.97 Å². The lowest BCUT2D eigenvalue weighted by molar-refractivity contribution is -0.155. The zero-order valence-electron chi connectivity index (χ0n) is 16.1. The number of carbonyl (C=O) groups is 3. The summed E-state index contributed by atoms with van der Waals surface area (Å²) < 4.78 is 5.80. The predicted octanol–water partition coefficient (Wildman–Crippen LogP) is 2.51. The van der Waals surface area contributed by atoms with Crippen molar-refractivity contribution in [3.8, 4) is 0 Å². The molecule has 1 saturated heterocycles. The Balaban J connectivity index is 1.61. The third-order valence-electron chi connectivity index (χ3n) is 4.93. The van der Waals surface area contributed by atoms with E-state index in [0.29, 0.717) is 0 Å². The van der Waals surface area contributed by atoms with E-state index in [4.69, 9.17) is 4.74 Å². The lowest BCUT2D eigenvalue weighted by Gasteiger charge is -2.48. The summed E-state index contributed by atoms with van der Waals surface area (Å²) in [5.74, 6) is -1.63. The molecule has 0 aliphatic carbocycles. The number of thioether (sulfide) groups is 1. The Morgan fingerprint density at radius 3 is 2.20 bits per heavy atom. The summed E-state index contributed by atoms with van der Waals surface area (Å²) in [7, 11) is 0. The molecule has 154 valence electrons. The molecule has 0 spiro atoms. The molecule has 1 unspecified atom stereocenters. The average molecular weight is 424 g/mol. The number of aliphatic hydroxyl groups excluding tert-OH is 1. The molecule has 2 aliphatic rings. The Kier molecular flexibility index (Phi) is 5.50. The van der Waals surface area contributed by atoms with Gasteiger partial charge in [-0.3, -0.25) is 14.5 Å². The molecular formula is C22H20N2O5S. The number of nitrogens with one attached hydrogen (secondary N) is 1. The van der Waals surface area contributed by atoms with Crippen LogP contribution in [0.2, 0.25) is 0 Å². The number of fused-ring (bicyclic) bond motifs is 1. The van der Waals surface area contributed by atoms with Crippen LogP contribution in [0.25, 0.3) is 0 Å². The summed E-state index contributed by atoms with van der Waals surface area (Å²) in [5, 5.41) is 12.5. The summed E-state index contributed by atoms with van der Waals surface area (Å²) >= 11 is 1.28. The van der Waals surface area contributed by atoms with Crippen molar-refractivity contribution in [1.29, 1.82) is 0 Å². The highest BCUT2D eigenvalue weighted by atomic mass is 32.2. The minimum Gasteiger partial charge on any atom is -0.509 e. The van der Waals surface area contributed by atoms with Crippen LogP contribution in [0.4, 0.5) is 0 Å². The molecule has 1 fully saturated rings. The van der Waals surface area contributed by atoms with E-state index >= 15 is 0 Å². The molecule has 0 aromatic heterocycles. The van der Waals surface area contributed by atoms with Gasteiger partial charge in [0.15, 0.2) is 11.8 Å². The molecule has 8 heteroatoms. The fourth-order valence-corrected chi connectivity index (χ4v) is 4.76. The van der Waals surface area contributed by atoms with E-state index in [1.165, 1.54) is 23.6 Å². The molecular weight excluding hydrogens is 404 g/mol. The van der Waals surface area contributed by atoms with Crippen molar-refractivity contribution in [3.05, 3.63) is 83.2 Å². The van der Waals surface area contributed by atoms with Crippen molar-refractivity contribution in [2.45, 2.75) is 24.4 Å². The van der Waals surface area contributed by atoms with E-state index in [0.717, 1.165) is 11.1 Å². The third kappa shape index (κ3) is 3.66. The fraction of sp³-hybridized carbons (Fsp3) is 0.227. The van der Waals surface area contributed by atoms with Crippen molar-refractivity contribution in [3.63, 3.8) is 0 Å². The third-order valence-corrected chi connectivity index (χ3v) is 6.19. The van der Waals surface area contributed by atoms with Crippen molar-refractivity contribution < 1.29 is 24.2 Å². The highest BCUT2D eigenvalue weighted by Crippen LogP contribution is 2.40. The van der Waals surface area contributed by atoms with Crippen LogP contribution in [0.3, 0.4) is 0 Å². The molecule has 2 aliphatic heterocycles. The monoisotopic (exact) mass is 424 g/mol. The zero-order chi connectivity index (χ0) is 21.3. The Morgan fingerprint density at radius 1 is 1.10 bits per heavy atom. The lowest BCUT2D eigenvalue weighted by Crippen LogP contribution is -2.70. The van der Waals surface area contributed by atoms with E-state index in [1.807, 2.05) is 60.7 Å². The normalized spacial score (nSPS) is 20.5. The van der Waals surface area contributed by atoms with Crippen LogP contribution >= 0.6 is 11.8 Å². The summed E-state index contributed by atoms with van der Waals surface area (Å²) in [6.07, 6.45) is -0.698. The number of nitrogens with zero attached hydrogens (tertiary/aromatic N) is 1. The van der Waals surface area contributed by atoms with Crippen LogP contribution in [0.1, 0.15) is 24.2 Å². The summed E-state index contributed by atoms with van der Waals surface area (Å²) in [4.78, 5) is 38.2. The predicted molar refractivity (Wildman–Crippen MR) is 111 cm³/mol. The smallest absolute Gasteiger partial charge is 0.359 e. The van der Waals surface area contributed by atoms with Gasteiger partial charge in [0.05, 0.1) is 5.75 Å². The highest BCUT2D eigenvalue weighted by molar-refractivity contribution is 8.00. The Labute approximate surface area is 177 Å². The van der Waals surface area contributed by atoms with Gasteiger partial charge < -0.3 is 15.2 Å². The van der Waals surface area contributed by atoms with Gasteiger partial charge in [0.25, 0.3) is 5.91 Å². The minimum atomic E-state index is -0.787. The SMILES string of the molecule is CC(=O)NC1C(=O)N2C(C(=O)OC(c3ccccc3)c3ccccc3)=C(O)CS[C@@H]12. The number of β-lactam (4-membered cyclic amide) rings is 1. The van der Waals surface area contributed by atoms with Crippen molar-refractivity contribution in [2.24, 2.45) is 0 Å². The zero-order valence-corrected chi connectivity index (χ0v) is 17.0. The molecule has 2 aromatic rings. The van der Waals surface area contributed by atoms with Crippen LogP contribution in [-0.2, 0) is 19.1 Å². The van der Waals surface area contributed by atoms with Gasteiger partial charge in [-0.1, -0.05) is 60.7 Å². The van der Waals surface area contributed by atoms with Gasteiger partial charge in [0, 0.05) is 6.92 Å². The molecule has 30 heavy (non-hydrogen) atoms. The van der Waals surface area contributed by atoms with Crippen molar-refractivity contribution in [1.82, 2.24) is 10.2 Å². The van der Waals surface area contributed by atoms with Gasteiger partial charge in [-0.2, -0.15) is 0 Å². The first-order chi connectivity index (χ1) is 14.5. The van der Waals surface area contributed by atoms with E-state index in [-0.39, 0.29) is 23.1 Å². The molecule has 2 aromatic carbocycles. The van der Waals surface area contributed by atoms with Crippen LogP contribution in [-0.4, -0.2) is 45.0 Å². The molecule has 0 bridgehead atoms.